The van der Waals surface area contributed by atoms with E-state index in [0.29, 0.717) is 6.61 Å². The van der Waals surface area contributed by atoms with Crippen LogP contribution < -0.4 is 0 Å². The molecule has 0 saturated carbocycles. The fourth-order valence-corrected chi connectivity index (χ4v) is 4.77. The second-order valence-corrected chi connectivity index (χ2v) is 16.5. The summed E-state index contributed by atoms with van der Waals surface area (Å²) in [6, 6.07) is 0. The minimum absolute atomic E-state index is 0.284. The molecular formula is C14H32O6Si2. The van der Waals surface area contributed by atoms with Crippen molar-refractivity contribution in [1.29, 1.82) is 0 Å². The van der Waals surface area contributed by atoms with Gasteiger partial charge in [0.1, 0.15) is 18.3 Å². The van der Waals surface area contributed by atoms with Crippen LogP contribution in [-0.2, 0) is 23.1 Å². The first kappa shape index (κ1) is 20.2. The predicted octanol–water partition coefficient (Wildman–Crippen LogP) is 1.81. The zero-order valence-electron chi connectivity index (χ0n) is 15.1. The molecule has 0 aromatic carbocycles. The number of aliphatic hydroxyl groups excluding tert-OH is 1. The number of ether oxygens (including phenoxy) is 3. The zero-order chi connectivity index (χ0) is 17.1. The average Bonchev–Trinajstić information content (AvgIpc) is 2.61. The van der Waals surface area contributed by atoms with Crippen LogP contribution in [0.3, 0.4) is 0 Å². The van der Waals surface area contributed by atoms with Gasteiger partial charge in [0.05, 0.1) is 12.7 Å². The maximum Gasteiger partial charge on any atom is 0.184 e. The van der Waals surface area contributed by atoms with E-state index < -0.39 is 35.1 Å². The lowest BCUT2D eigenvalue weighted by molar-refractivity contribution is -0.153. The largest absolute Gasteiger partial charge is 0.410 e. The van der Waals surface area contributed by atoms with Crippen LogP contribution in [0.25, 0.3) is 0 Å². The van der Waals surface area contributed by atoms with Crippen molar-refractivity contribution in [2.45, 2.75) is 70.0 Å². The monoisotopic (exact) mass is 352 g/mol. The lowest BCUT2D eigenvalue weighted by Crippen LogP contribution is -2.51. The molecule has 0 aromatic rings. The number of hydrogen-bond acceptors (Lipinski definition) is 6. The molecule has 22 heavy (non-hydrogen) atoms. The molecule has 1 saturated heterocycles. The van der Waals surface area contributed by atoms with Crippen LogP contribution in [0.15, 0.2) is 0 Å². The highest BCUT2D eigenvalue weighted by Gasteiger charge is 2.50. The molecule has 1 aliphatic heterocycles. The van der Waals surface area contributed by atoms with Gasteiger partial charge in [-0.05, 0) is 39.3 Å². The molecule has 0 aliphatic carbocycles. The lowest BCUT2D eigenvalue weighted by Gasteiger charge is -2.35. The molecule has 0 bridgehead atoms. The molecule has 0 radical (unpaired) electrons. The third-order valence-corrected chi connectivity index (χ3v) is 5.18. The summed E-state index contributed by atoms with van der Waals surface area (Å²) in [5, 5.41) is 10.1. The Labute approximate surface area is 136 Å². The van der Waals surface area contributed by atoms with Gasteiger partial charge in [-0.1, -0.05) is 0 Å². The van der Waals surface area contributed by atoms with Gasteiger partial charge in [0.2, 0.25) is 0 Å². The average molecular weight is 353 g/mol. The van der Waals surface area contributed by atoms with Crippen molar-refractivity contribution in [3.05, 3.63) is 0 Å². The molecule has 132 valence electrons. The molecule has 8 heteroatoms. The van der Waals surface area contributed by atoms with Crippen molar-refractivity contribution >= 4 is 16.6 Å². The molecule has 1 aliphatic rings. The van der Waals surface area contributed by atoms with Gasteiger partial charge in [-0.2, -0.15) is 0 Å². The van der Waals surface area contributed by atoms with E-state index >= 15 is 0 Å². The van der Waals surface area contributed by atoms with Gasteiger partial charge in [-0.25, -0.2) is 0 Å². The number of aliphatic hydroxyl groups is 1. The highest BCUT2D eigenvalue weighted by molar-refractivity contribution is 6.70. The normalized spacial score (nSPS) is 31.5. The van der Waals surface area contributed by atoms with Crippen LogP contribution in [0.2, 0.25) is 39.3 Å². The highest BCUT2D eigenvalue weighted by Crippen LogP contribution is 2.31. The fourth-order valence-electron chi connectivity index (χ4n) is 2.57. The Kier molecular flexibility index (Phi) is 7.22. The fraction of sp³-hybridized carbons (Fsp3) is 1.00. The predicted molar refractivity (Wildman–Crippen MR) is 90.0 cm³/mol. The van der Waals surface area contributed by atoms with E-state index in [9.17, 15) is 5.11 Å². The second kappa shape index (κ2) is 7.84. The Morgan fingerprint density at radius 2 is 1.59 bits per heavy atom. The van der Waals surface area contributed by atoms with Crippen LogP contribution in [0.5, 0.6) is 0 Å². The first-order valence-electron chi connectivity index (χ1n) is 7.69. The van der Waals surface area contributed by atoms with Crippen molar-refractivity contribution in [3.63, 3.8) is 0 Å². The van der Waals surface area contributed by atoms with Gasteiger partial charge in [0.25, 0.3) is 0 Å². The van der Waals surface area contributed by atoms with E-state index in [2.05, 4.69) is 39.3 Å². The molecular weight excluding hydrogens is 320 g/mol. The Morgan fingerprint density at radius 1 is 1.00 bits per heavy atom. The first-order chi connectivity index (χ1) is 9.98. The summed E-state index contributed by atoms with van der Waals surface area (Å²) in [4.78, 5) is 0. The van der Waals surface area contributed by atoms with Crippen molar-refractivity contribution < 1.29 is 28.2 Å². The molecule has 0 aromatic heterocycles. The topological polar surface area (TPSA) is 66.4 Å². The molecule has 5 atom stereocenters. The smallest absolute Gasteiger partial charge is 0.184 e. The molecule has 1 N–H and O–H groups in total. The van der Waals surface area contributed by atoms with Gasteiger partial charge in [-0.15, -0.1) is 0 Å². The van der Waals surface area contributed by atoms with E-state index in [0.717, 1.165) is 0 Å². The van der Waals surface area contributed by atoms with Gasteiger partial charge in [0, 0.05) is 14.2 Å². The second-order valence-electron chi connectivity index (χ2n) is 7.61. The van der Waals surface area contributed by atoms with Crippen molar-refractivity contribution in [2.24, 2.45) is 0 Å². The summed E-state index contributed by atoms with van der Waals surface area (Å²) < 4.78 is 28.9. The van der Waals surface area contributed by atoms with Crippen molar-refractivity contribution in [1.82, 2.24) is 0 Å². The van der Waals surface area contributed by atoms with E-state index in [1.165, 1.54) is 0 Å². The van der Waals surface area contributed by atoms with Crippen LogP contribution in [0.4, 0.5) is 0 Å². The summed E-state index contributed by atoms with van der Waals surface area (Å²) in [6.45, 7) is 13.0. The lowest BCUT2D eigenvalue weighted by atomic mass is 10.1. The van der Waals surface area contributed by atoms with Crippen LogP contribution >= 0.6 is 0 Å². The molecule has 5 unspecified atom stereocenters. The third kappa shape index (κ3) is 6.01. The summed E-state index contributed by atoms with van der Waals surface area (Å²) in [5.74, 6) is 0. The molecule has 0 amide bonds. The van der Waals surface area contributed by atoms with Crippen molar-refractivity contribution in [3.8, 4) is 0 Å². The van der Waals surface area contributed by atoms with Gasteiger partial charge < -0.3 is 28.2 Å². The van der Waals surface area contributed by atoms with Crippen LogP contribution in [0.1, 0.15) is 0 Å². The molecule has 0 spiro atoms. The first-order valence-corrected chi connectivity index (χ1v) is 14.5. The Hall–Kier alpha value is 0.194. The third-order valence-electron chi connectivity index (χ3n) is 3.19. The number of methoxy groups -OCH3 is 2. The molecule has 1 heterocycles. The quantitative estimate of drug-likeness (QED) is 0.672. The van der Waals surface area contributed by atoms with E-state index in [-0.39, 0.29) is 12.2 Å². The SMILES string of the molecule is COCC(O[Si](C)(C)C)C1OC(O)C(OC)C1O[Si](C)(C)C. The highest BCUT2D eigenvalue weighted by atomic mass is 28.4. The van der Waals surface area contributed by atoms with Crippen molar-refractivity contribution in [2.75, 3.05) is 20.8 Å². The molecule has 6 nitrogen and oxygen atoms in total. The maximum atomic E-state index is 10.1. The standard InChI is InChI=1S/C14H32O6Si2/c1-16-9-10(19-21(3,4)5)11-12(20-22(6,7)8)13(17-2)14(15)18-11/h10-15H,9H2,1-8H3. The molecule has 1 fully saturated rings. The number of hydrogen-bond donors (Lipinski definition) is 1. The van der Waals surface area contributed by atoms with Gasteiger partial charge in [0.15, 0.2) is 22.9 Å². The summed E-state index contributed by atoms with van der Waals surface area (Å²) in [7, 11) is -0.436. The maximum absolute atomic E-state index is 10.1. The Balaban J connectivity index is 2.99. The summed E-state index contributed by atoms with van der Waals surface area (Å²) >= 11 is 0. The minimum Gasteiger partial charge on any atom is -0.410 e. The molecule has 1 rings (SSSR count). The van der Waals surface area contributed by atoms with E-state index in [4.69, 9.17) is 23.1 Å². The summed E-state index contributed by atoms with van der Waals surface area (Å²) in [5.41, 5.74) is 0. The number of rotatable bonds is 8. The summed E-state index contributed by atoms with van der Waals surface area (Å²) in [6.07, 6.45) is -2.57. The Morgan fingerprint density at radius 3 is 2.00 bits per heavy atom. The Bertz CT molecular complexity index is 341. The minimum atomic E-state index is -1.84. The van der Waals surface area contributed by atoms with E-state index in [1.54, 1.807) is 14.2 Å². The van der Waals surface area contributed by atoms with E-state index in [1.807, 2.05) is 0 Å². The van der Waals surface area contributed by atoms with Crippen LogP contribution in [-0.4, -0.2) is 73.3 Å². The van der Waals surface area contributed by atoms with Gasteiger partial charge >= 0.3 is 0 Å². The van der Waals surface area contributed by atoms with Crippen LogP contribution in [0, 0.1) is 0 Å². The van der Waals surface area contributed by atoms with Gasteiger partial charge in [-0.3, -0.25) is 0 Å². The zero-order valence-corrected chi connectivity index (χ0v) is 17.1.